The Balaban J connectivity index is 1.73. The molecule has 0 spiro atoms. The molecule has 2 aromatic heterocycles. The van der Waals surface area contributed by atoms with Gasteiger partial charge in [-0.3, -0.25) is 9.36 Å². The van der Waals surface area contributed by atoms with Crippen molar-refractivity contribution in [2.75, 3.05) is 12.9 Å². The van der Waals surface area contributed by atoms with Crippen molar-refractivity contribution in [1.82, 2.24) is 9.55 Å². The zero-order valence-electron chi connectivity index (χ0n) is 16.1. The Bertz CT molecular complexity index is 1200. The summed E-state index contributed by atoms with van der Waals surface area (Å²) in [7, 11) is 1.24. The quantitative estimate of drug-likeness (QED) is 0.308. The van der Waals surface area contributed by atoms with E-state index in [0.29, 0.717) is 28.5 Å². The van der Waals surface area contributed by atoms with Crippen molar-refractivity contribution in [2.24, 2.45) is 0 Å². The third-order valence-corrected chi connectivity index (χ3v) is 6.56. The summed E-state index contributed by atoms with van der Waals surface area (Å²) in [6, 6.07) is 7.64. The predicted molar refractivity (Wildman–Crippen MR) is 109 cm³/mol. The normalized spacial score (nSPS) is 13.3. The summed E-state index contributed by atoms with van der Waals surface area (Å²) in [6.07, 6.45) is -3.93. The van der Waals surface area contributed by atoms with Crippen LogP contribution in [0.5, 0.6) is 0 Å². The number of esters is 1. The van der Waals surface area contributed by atoms with Gasteiger partial charge in [0.05, 0.1) is 34.7 Å². The summed E-state index contributed by atoms with van der Waals surface area (Å²) in [5, 5.41) is 0.251. The summed E-state index contributed by atoms with van der Waals surface area (Å²) in [6.45, 7) is 0. The number of nitrogens with zero attached hydrogens (tertiary/aromatic N) is 2. The molecule has 162 valence electrons. The molecule has 1 aromatic carbocycles. The number of carbonyl (C=O) groups excluding carboxylic acids is 1. The Labute approximate surface area is 182 Å². The van der Waals surface area contributed by atoms with E-state index in [1.807, 2.05) is 0 Å². The third kappa shape index (κ3) is 4.38. The lowest BCUT2D eigenvalue weighted by atomic mass is 10.2. The first-order valence-electron chi connectivity index (χ1n) is 9.04. The van der Waals surface area contributed by atoms with Gasteiger partial charge in [0.25, 0.3) is 5.56 Å². The number of hydrogen-bond acceptors (Lipinski definition) is 7. The maximum Gasteiger partial charge on any atom is 0.416 e. The number of rotatable bonds is 5. The molecule has 0 aliphatic carbocycles. The van der Waals surface area contributed by atoms with Crippen LogP contribution in [0, 0.1) is 0 Å². The second kappa shape index (κ2) is 8.46. The minimum atomic E-state index is -4.54. The number of aromatic nitrogens is 2. The minimum Gasteiger partial charge on any atom is -0.463 e. The highest BCUT2D eigenvalue weighted by molar-refractivity contribution is 7.99. The average molecular weight is 468 g/mol. The largest absolute Gasteiger partial charge is 0.463 e. The Morgan fingerprint density at radius 3 is 2.87 bits per heavy atom. The van der Waals surface area contributed by atoms with Crippen LogP contribution in [0.1, 0.15) is 27.6 Å². The third-order valence-electron chi connectivity index (χ3n) is 4.49. The summed E-state index contributed by atoms with van der Waals surface area (Å²) in [5.41, 5.74) is -0.533. The number of methoxy groups -OCH3 is 1. The van der Waals surface area contributed by atoms with E-state index < -0.39 is 23.3 Å². The lowest BCUT2D eigenvalue weighted by Crippen LogP contribution is -2.24. The van der Waals surface area contributed by atoms with Crippen LogP contribution in [0.2, 0.25) is 0 Å². The van der Waals surface area contributed by atoms with Gasteiger partial charge in [-0.2, -0.15) is 13.2 Å². The molecule has 0 bridgehead atoms. The first-order chi connectivity index (χ1) is 14.8. The molecule has 0 fully saturated rings. The van der Waals surface area contributed by atoms with Gasteiger partial charge in [-0.15, -0.1) is 11.8 Å². The van der Waals surface area contributed by atoms with E-state index in [2.05, 4.69) is 9.72 Å². The molecule has 0 unspecified atom stereocenters. The van der Waals surface area contributed by atoms with Gasteiger partial charge in [-0.05, 0) is 30.3 Å². The number of halogens is 3. The Morgan fingerprint density at radius 1 is 1.32 bits per heavy atom. The van der Waals surface area contributed by atoms with E-state index in [0.717, 1.165) is 23.9 Å². The highest BCUT2D eigenvalue weighted by Crippen LogP contribution is 2.33. The van der Waals surface area contributed by atoms with Crippen molar-refractivity contribution in [2.45, 2.75) is 28.4 Å². The monoisotopic (exact) mass is 468 g/mol. The van der Waals surface area contributed by atoms with Gasteiger partial charge in [-0.1, -0.05) is 17.8 Å². The number of fused-ring (bicyclic) bond motifs is 1. The standard InChI is InChI=1S/C20H15F3N2O4S2/c1-28-18(27)15-6-5-13(29-15)10-31-19-24-14-7-8-30-16(14)17(26)25(19)12-4-2-3-11(9-12)20(21,22)23/h2-6,9H,7-8,10H2,1H3. The topological polar surface area (TPSA) is 74.3 Å². The van der Waals surface area contributed by atoms with Crippen LogP contribution in [0.25, 0.3) is 5.69 Å². The summed E-state index contributed by atoms with van der Waals surface area (Å²) in [5.74, 6) is 0.755. The van der Waals surface area contributed by atoms with Gasteiger partial charge in [-0.25, -0.2) is 9.78 Å². The van der Waals surface area contributed by atoms with Crippen LogP contribution in [0.4, 0.5) is 13.2 Å². The second-order valence-corrected chi connectivity index (χ2v) is 8.55. The van der Waals surface area contributed by atoms with Gasteiger partial charge in [0.15, 0.2) is 5.16 Å². The van der Waals surface area contributed by atoms with E-state index in [9.17, 15) is 22.8 Å². The maximum absolute atomic E-state index is 13.2. The molecule has 1 aliphatic heterocycles. The molecule has 1 aliphatic rings. The molecule has 0 saturated carbocycles. The Kier molecular flexibility index (Phi) is 5.89. The van der Waals surface area contributed by atoms with Crippen molar-refractivity contribution in [3.63, 3.8) is 0 Å². The molecule has 31 heavy (non-hydrogen) atoms. The van der Waals surface area contributed by atoms with Crippen molar-refractivity contribution in [3.05, 3.63) is 69.5 Å². The van der Waals surface area contributed by atoms with Crippen LogP contribution >= 0.6 is 23.5 Å². The van der Waals surface area contributed by atoms with Crippen molar-refractivity contribution >= 4 is 29.5 Å². The smallest absolute Gasteiger partial charge is 0.416 e. The van der Waals surface area contributed by atoms with Crippen LogP contribution in [0.3, 0.4) is 0 Å². The number of carbonyl (C=O) groups is 1. The van der Waals surface area contributed by atoms with Crippen molar-refractivity contribution in [1.29, 1.82) is 0 Å². The number of benzene rings is 1. The van der Waals surface area contributed by atoms with E-state index in [-0.39, 0.29) is 22.4 Å². The molecule has 0 amide bonds. The minimum absolute atomic E-state index is 0.0340. The Morgan fingerprint density at radius 2 is 2.13 bits per heavy atom. The Hall–Kier alpha value is -2.66. The number of alkyl halides is 3. The molecule has 0 saturated heterocycles. The fourth-order valence-corrected chi connectivity index (χ4v) is 4.99. The molecule has 0 atom stereocenters. The van der Waals surface area contributed by atoms with E-state index in [1.165, 1.54) is 41.6 Å². The van der Waals surface area contributed by atoms with E-state index in [4.69, 9.17) is 4.42 Å². The lowest BCUT2D eigenvalue weighted by Gasteiger charge is -2.15. The molecule has 3 aromatic rings. The van der Waals surface area contributed by atoms with Crippen LogP contribution in [-0.2, 0) is 23.1 Å². The van der Waals surface area contributed by atoms with Crippen molar-refractivity contribution < 1.29 is 27.1 Å². The predicted octanol–water partition coefficient (Wildman–Crippen LogP) is 4.57. The number of aryl methyl sites for hydroxylation is 1. The molecule has 4 rings (SSSR count). The van der Waals surface area contributed by atoms with E-state index >= 15 is 0 Å². The van der Waals surface area contributed by atoms with Crippen molar-refractivity contribution in [3.8, 4) is 5.69 Å². The van der Waals surface area contributed by atoms with E-state index in [1.54, 1.807) is 6.07 Å². The van der Waals surface area contributed by atoms with Gasteiger partial charge in [0.2, 0.25) is 5.76 Å². The van der Waals surface area contributed by atoms with Crippen LogP contribution in [0.15, 0.2) is 55.7 Å². The number of ether oxygens (including phenoxy) is 1. The SMILES string of the molecule is COC(=O)c1ccc(CSc2nc3c(c(=O)n2-c2cccc(C(F)(F)F)c2)SCC3)o1. The number of hydrogen-bond donors (Lipinski definition) is 0. The first-order valence-corrected chi connectivity index (χ1v) is 11.0. The van der Waals surface area contributed by atoms with Gasteiger partial charge >= 0.3 is 12.1 Å². The fourth-order valence-electron chi connectivity index (χ4n) is 3.04. The lowest BCUT2D eigenvalue weighted by molar-refractivity contribution is -0.137. The summed E-state index contributed by atoms with van der Waals surface area (Å²) < 4.78 is 50.8. The number of furan rings is 1. The summed E-state index contributed by atoms with van der Waals surface area (Å²) >= 11 is 2.48. The molecule has 6 nitrogen and oxygen atoms in total. The fraction of sp³-hybridized carbons (Fsp3) is 0.250. The zero-order chi connectivity index (χ0) is 22.2. The van der Waals surface area contributed by atoms with Crippen LogP contribution < -0.4 is 5.56 Å². The average Bonchev–Trinajstić information content (AvgIpc) is 3.41. The molecule has 3 heterocycles. The summed E-state index contributed by atoms with van der Waals surface area (Å²) in [4.78, 5) is 29.7. The number of thioether (sulfide) groups is 2. The molecule has 0 radical (unpaired) electrons. The van der Waals surface area contributed by atoms with Gasteiger partial charge in [0.1, 0.15) is 5.76 Å². The highest BCUT2D eigenvalue weighted by atomic mass is 32.2. The van der Waals surface area contributed by atoms with Gasteiger partial charge < -0.3 is 9.15 Å². The molecule has 0 N–H and O–H groups in total. The molecular weight excluding hydrogens is 453 g/mol. The molecule has 11 heteroatoms. The van der Waals surface area contributed by atoms with Gasteiger partial charge in [0, 0.05) is 12.2 Å². The second-order valence-electron chi connectivity index (χ2n) is 6.50. The maximum atomic E-state index is 13.2. The van der Waals surface area contributed by atoms with Crippen LogP contribution in [-0.4, -0.2) is 28.4 Å². The highest BCUT2D eigenvalue weighted by Gasteiger charge is 2.31. The zero-order valence-corrected chi connectivity index (χ0v) is 17.7. The first kappa shape index (κ1) is 21.6. The molecular formula is C20H15F3N2O4S2.